The zero-order valence-electron chi connectivity index (χ0n) is 10.7. The van der Waals surface area contributed by atoms with Crippen molar-refractivity contribution in [2.75, 3.05) is 0 Å². The molecule has 2 rings (SSSR count). The van der Waals surface area contributed by atoms with Gasteiger partial charge in [-0.1, -0.05) is 13.0 Å². The quantitative estimate of drug-likeness (QED) is 0.850. The van der Waals surface area contributed by atoms with Crippen LogP contribution in [0.15, 0.2) is 36.8 Å². The molecular weight excluding hydrogens is 226 g/mol. The molecule has 1 atom stereocenters. The normalized spacial score (nSPS) is 12.6. The van der Waals surface area contributed by atoms with Crippen molar-refractivity contribution in [1.29, 1.82) is 0 Å². The maximum atomic E-state index is 10.2. The number of aliphatic hydroxyl groups is 1. The van der Waals surface area contributed by atoms with E-state index in [0.29, 0.717) is 6.42 Å². The summed E-state index contributed by atoms with van der Waals surface area (Å²) in [6.45, 7) is 3.01. The van der Waals surface area contributed by atoms with Gasteiger partial charge in [0.2, 0.25) is 0 Å². The van der Waals surface area contributed by atoms with E-state index >= 15 is 0 Å². The molecule has 4 heteroatoms. The first-order valence-corrected chi connectivity index (χ1v) is 6.40. The van der Waals surface area contributed by atoms with E-state index in [9.17, 15) is 5.11 Å². The van der Waals surface area contributed by atoms with Gasteiger partial charge in [-0.3, -0.25) is 4.98 Å². The molecule has 0 aromatic carbocycles. The van der Waals surface area contributed by atoms with Gasteiger partial charge in [0.15, 0.2) is 0 Å². The highest BCUT2D eigenvalue weighted by Gasteiger charge is 2.13. The van der Waals surface area contributed by atoms with Crippen LogP contribution >= 0.6 is 0 Å². The fourth-order valence-electron chi connectivity index (χ4n) is 2.01. The van der Waals surface area contributed by atoms with Gasteiger partial charge >= 0.3 is 0 Å². The van der Waals surface area contributed by atoms with E-state index in [1.54, 1.807) is 12.4 Å². The van der Waals surface area contributed by atoms with Crippen molar-refractivity contribution in [3.63, 3.8) is 0 Å². The number of aliphatic hydroxyl groups excluding tert-OH is 1. The van der Waals surface area contributed by atoms with E-state index < -0.39 is 6.10 Å². The summed E-state index contributed by atoms with van der Waals surface area (Å²) in [5.41, 5.74) is 1.00. The average molecular weight is 245 g/mol. The predicted molar refractivity (Wildman–Crippen MR) is 70.0 cm³/mol. The molecule has 2 heterocycles. The van der Waals surface area contributed by atoms with E-state index in [2.05, 4.69) is 16.9 Å². The summed E-state index contributed by atoms with van der Waals surface area (Å²) in [4.78, 5) is 8.49. The Bertz CT molecular complexity index is 467. The van der Waals surface area contributed by atoms with Crippen LogP contribution in [0.25, 0.3) is 0 Å². The minimum absolute atomic E-state index is 0.520. The number of hydrogen-bond donors (Lipinski definition) is 1. The molecule has 0 spiro atoms. The second-order valence-electron chi connectivity index (χ2n) is 4.35. The number of imidazole rings is 1. The maximum absolute atomic E-state index is 10.2. The third-order valence-corrected chi connectivity index (χ3v) is 2.91. The molecule has 0 saturated carbocycles. The van der Waals surface area contributed by atoms with Crippen LogP contribution in [-0.4, -0.2) is 19.6 Å². The highest BCUT2D eigenvalue weighted by molar-refractivity contribution is 5.05. The Kier molecular flexibility index (Phi) is 4.47. The Morgan fingerprint density at radius 1 is 1.28 bits per heavy atom. The summed E-state index contributed by atoms with van der Waals surface area (Å²) in [7, 11) is 0. The molecule has 1 unspecified atom stereocenters. The highest BCUT2D eigenvalue weighted by Crippen LogP contribution is 2.17. The summed E-state index contributed by atoms with van der Waals surface area (Å²) >= 11 is 0. The van der Waals surface area contributed by atoms with Gasteiger partial charge in [-0.15, -0.1) is 0 Å². The first-order valence-electron chi connectivity index (χ1n) is 6.40. The Hall–Kier alpha value is -1.68. The van der Waals surface area contributed by atoms with Crippen LogP contribution in [0.1, 0.15) is 37.4 Å². The molecule has 2 aromatic heterocycles. The minimum Gasteiger partial charge on any atom is -0.385 e. The number of hydrogen-bond acceptors (Lipinski definition) is 3. The van der Waals surface area contributed by atoms with E-state index in [4.69, 9.17) is 0 Å². The number of aryl methyl sites for hydroxylation is 2. The second-order valence-corrected chi connectivity index (χ2v) is 4.35. The summed E-state index contributed by atoms with van der Waals surface area (Å²) < 4.78 is 2.02. The molecule has 0 amide bonds. The van der Waals surface area contributed by atoms with E-state index in [1.807, 2.05) is 29.0 Å². The third-order valence-electron chi connectivity index (χ3n) is 2.91. The predicted octanol–water partition coefficient (Wildman–Crippen LogP) is 2.35. The van der Waals surface area contributed by atoms with Gasteiger partial charge in [0.05, 0.1) is 0 Å². The van der Waals surface area contributed by atoms with Crippen LogP contribution in [0.3, 0.4) is 0 Å². The molecule has 96 valence electrons. The van der Waals surface area contributed by atoms with Crippen LogP contribution in [-0.2, 0) is 13.0 Å². The van der Waals surface area contributed by atoms with Gasteiger partial charge < -0.3 is 9.67 Å². The van der Waals surface area contributed by atoms with E-state index in [1.165, 1.54) is 0 Å². The van der Waals surface area contributed by atoms with Crippen LogP contribution in [0.4, 0.5) is 0 Å². The molecular formula is C14H19N3O. The summed E-state index contributed by atoms with van der Waals surface area (Å²) in [6.07, 6.45) is 7.38. The average Bonchev–Trinajstić information content (AvgIpc) is 2.86. The Morgan fingerprint density at radius 2 is 2.17 bits per heavy atom. The molecule has 18 heavy (non-hydrogen) atoms. The fourth-order valence-corrected chi connectivity index (χ4v) is 2.01. The van der Waals surface area contributed by atoms with Gasteiger partial charge in [-0.25, -0.2) is 4.98 Å². The lowest BCUT2D eigenvalue weighted by Crippen LogP contribution is -2.09. The van der Waals surface area contributed by atoms with Crippen molar-refractivity contribution in [2.45, 2.75) is 38.8 Å². The van der Waals surface area contributed by atoms with Gasteiger partial charge in [-0.2, -0.15) is 0 Å². The smallest absolute Gasteiger partial charge is 0.137 e. The Balaban J connectivity index is 1.95. The lowest BCUT2D eigenvalue weighted by molar-refractivity contribution is 0.153. The zero-order valence-corrected chi connectivity index (χ0v) is 10.7. The third kappa shape index (κ3) is 3.17. The van der Waals surface area contributed by atoms with Crippen molar-refractivity contribution >= 4 is 0 Å². The lowest BCUT2D eigenvalue weighted by atomic mass is 10.1. The topological polar surface area (TPSA) is 50.9 Å². The largest absolute Gasteiger partial charge is 0.385 e. The van der Waals surface area contributed by atoms with Crippen molar-refractivity contribution < 1.29 is 5.11 Å². The van der Waals surface area contributed by atoms with Gasteiger partial charge in [0.1, 0.15) is 11.9 Å². The number of rotatable bonds is 6. The number of pyridine rings is 1. The standard InChI is InChI=1S/C14H19N3O/c1-2-10-17-11-9-16-14(17)13(18)7-6-12-5-3-4-8-15-12/h3-5,8-9,11,13,18H,2,6-7,10H2,1H3. The SMILES string of the molecule is CCCn1ccnc1C(O)CCc1ccccn1. The summed E-state index contributed by atoms with van der Waals surface area (Å²) in [5.74, 6) is 0.757. The first kappa shape index (κ1) is 12.8. The molecule has 0 aliphatic carbocycles. The molecule has 2 aromatic rings. The Labute approximate surface area is 107 Å². The molecule has 0 aliphatic rings. The van der Waals surface area contributed by atoms with Crippen LogP contribution in [0.5, 0.6) is 0 Å². The van der Waals surface area contributed by atoms with E-state index in [0.717, 1.165) is 30.9 Å². The fraction of sp³-hybridized carbons (Fsp3) is 0.429. The molecule has 0 bridgehead atoms. The molecule has 0 aliphatic heterocycles. The van der Waals surface area contributed by atoms with Crippen molar-refractivity contribution in [3.8, 4) is 0 Å². The molecule has 0 radical (unpaired) electrons. The van der Waals surface area contributed by atoms with Gasteiger partial charge in [0.25, 0.3) is 0 Å². The van der Waals surface area contributed by atoms with E-state index in [-0.39, 0.29) is 0 Å². The summed E-state index contributed by atoms with van der Waals surface area (Å²) in [6, 6.07) is 5.84. The van der Waals surface area contributed by atoms with Crippen molar-refractivity contribution in [3.05, 3.63) is 48.3 Å². The monoisotopic (exact) mass is 245 g/mol. The van der Waals surface area contributed by atoms with Crippen molar-refractivity contribution in [2.24, 2.45) is 0 Å². The summed E-state index contributed by atoms with van der Waals surface area (Å²) in [5, 5.41) is 10.2. The molecule has 4 nitrogen and oxygen atoms in total. The first-order chi connectivity index (χ1) is 8.81. The molecule has 0 fully saturated rings. The second kappa shape index (κ2) is 6.31. The van der Waals surface area contributed by atoms with Gasteiger partial charge in [0, 0.05) is 30.8 Å². The minimum atomic E-state index is -0.520. The van der Waals surface area contributed by atoms with Crippen molar-refractivity contribution in [1.82, 2.24) is 14.5 Å². The van der Waals surface area contributed by atoms with Crippen LogP contribution in [0.2, 0.25) is 0 Å². The number of nitrogens with zero attached hydrogens (tertiary/aromatic N) is 3. The van der Waals surface area contributed by atoms with Gasteiger partial charge in [-0.05, 0) is 31.4 Å². The Morgan fingerprint density at radius 3 is 2.89 bits per heavy atom. The maximum Gasteiger partial charge on any atom is 0.137 e. The molecule has 0 saturated heterocycles. The van der Waals surface area contributed by atoms with Crippen LogP contribution < -0.4 is 0 Å². The zero-order chi connectivity index (χ0) is 12.8. The highest BCUT2D eigenvalue weighted by atomic mass is 16.3. The lowest BCUT2D eigenvalue weighted by Gasteiger charge is -2.12. The van der Waals surface area contributed by atoms with Crippen LogP contribution in [0, 0.1) is 0 Å². The number of aromatic nitrogens is 3. The molecule has 1 N–H and O–H groups in total.